The van der Waals surface area contributed by atoms with Gasteiger partial charge in [-0.05, 0) is 36.2 Å². The highest BCUT2D eigenvalue weighted by Crippen LogP contribution is 2.33. The maximum absolute atomic E-state index is 12.4. The van der Waals surface area contributed by atoms with E-state index in [1.807, 2.05) is 31.2 Å². The van der Waals surface area contributed by atoms with E-state index < -0.39 is 10.0 Å². The molecular formula is C16H16N2O3S2. The second-order valence-electron chi connectivity index (χ2n) is 5.34. The molecule has 0 unspecified atom stereocenters. The number of benzene rings is 2. The lowest BCUT2D eigenvalue weighted by molar-refractivity contribution is -0.113. The van der Waals surface area contributed by atoms with E-state index in [2.05, 4.69) is 10.0 Å². The van der Waals surface area contributed by atoms with Gasteiger partial charge in [0.25, 0.3) is 0 Å². The highest BCUT2D eigenvalue weighted by molar-refractivity contribution is 8.00. The maximum Gasteiger partial charge on any atom is 0.236 e. The lowest BCUT2D eigenvalue weighted by Crippen LogP contribution is -2.19. The van der Waals surface area contributed by atoms with Gasteiger partial charge < -0.3 is 5.32 Å². The van der Waals surface area contributed by atoms with Crippen LogP contribution in [-0.2, 0) is 20.6 Å². The van der Waals surface area contributed by atoms with Crippen molar-refractivity contribution in [2.75, 3.05) is 15.8 Å². The molecule has 0 spiro atoms. The topological polar surface area (TPSA) is 75.3 Å². The molecule has 0 fully saturated rings. The van der Waals surface area contributed by atoms with Crippen LogP contribution in [0.1, 0.15) is 11.1 Å². The van der Waals surface area contributed by atoms with Gasteiger partial charge in [-0.25, -0.2) is 8.42 Å². The Morgan fingerprint density at radius 3 is 2.78 bits per heavy atom. The first-order valence-corrected chi connectivity index (χ1v) is 9.68. The minimum absolute atomic E-state index is 0.0811. The van der Waals surface area contributed by atoms with Gasteiger partial charge >= 0.3 is 0 Å². The summed E-state index contributed by atoms with van der Waals surface area (Å²) in [6, 6.07) is 12.6. The van der Waals surface area contributed by atoms with Crippen LogP contribution in [0.25, 0.3) is 0 Å². The molecule has 0 saturated carbocycles. The summed E-state index contributed by atoms with van der Waals surface area (Å²) in [4.78, 5) is 12.4. The van der Waals surface area contributed by atoms with Crippen molar-refractivity contribution in [3.63, 3.8) is 0 Å². The third-order valence-electron chi connectivity index (χ3n) is 3.49. The van der Waals surface area contributed by atoms with Crippen LogP contribution < -0.4 is 10.0 Å². The quantitative estimate of drug-likeness (QED) is 0.891. The molecule has 1 heterocycles. The van der Waals surface area contributed by atoms with Crippen molar-refractivity contribution in [3.8, 4) is 0 Å². The third kappa shape index (κ3) is 3.86. The van der Waals surface area contributed by atoms with Crippen LogP contribution in [0.2, 0.25) is 0 Å². The van der Waals surface area contributed by atoms with Crippen LogP contribution in [0.15, 0.2) is 47.4 Å². The number of aryl methyl sites for hydroxylation is 1. The summed E-state index contributed by atoms with van der Waals surface area (Å²) < 4.78 is 27.3. The van der Waals surface area contributed by atoms with Crippen LogP contribution in [0.3, 0.4) is 0 Å². The molecule has 2 N–H and O–H groups in total. The Hall–Kier alpha value is -1.99. The maximum atomic E-state index is 12.4. The molecular weight excluding hydrogens is 332 g/mol. The Bertz CT molecular complexity index is 863. The summed E-state index contributed by atoms with van der Waals surface area (Å²) >= 11 is 1.44. The zero-order chi connectivity index (χ0) is 16.4. The van der Waals surface area contributed by atoms with E-state index >= 15 is 0 Å². The Morgan fingerprint density at radius 1 is 1.22 bits per heavy atom. The van der Waals surface area contributed by atoms with Gasteiger partial charge in [-0.3, -0.25) is 9.52 Å². The van der Waals surface area contributed by atoms with Crippen molar-refractivity contribution in [2.45, 2.75) is 17.6 Å². The number of fused-ring (bicyclic) bond motifs is 1. The molecule has 2 aromatic rings. The number of nitrogens with one attached hydrogen (secondary N) is 2. The van der Waals surface area contributed by atoms with Gasteiger partial charge in [-0.1, -0.05) is 24.3 Å². The van der Waals surface area contributed by atoms with Gasteiger partial charge in [0.1, 0.15) is 0 Å². The predicted molar refractivity (Wildman–Crippen MR) is 93.2 cm³/mol. The number of amides is 1. The summed E-state index contributed by atoms with van der Waals surface area (Å²) in [5, 5.41) is 2.75. The van der Waals surface area contributed by atoms with Gasteiger partial charge in [-0.15, -0.1) is 11.8 Å². The normalized spacial score (nSPS) is 14.0. The molecule has 7 heteroatoms. The van der Waals surface area contributed by atoms with Gasteiger partial charge in [-0.2, -0.15) is 0 Å². The number of carbonyl (C=O) groups is 1. The van der Waals surface area contributed by atoms with E-state index in [1.165, 1.54) is 11.8 Å². The molecule has 0 saturated heterocycles. The first kappa shape index (κ1) is 15.9. The van der Waals surface area contributed by atoms with Crippen LogP contribution in [0, 0.1) is 6.92 Å². The fraction of sp³-hybridized carbons (Fsp3) is 0.188. The Balaban J connectivity index is 1.80. The van der Waals surface area contributed by atoms with E-state index in [4.69, 9.17) is 0 Å². The number of sulfonamides is 1. The number of rotatable bonds is 4. The molecule has 1 aliphatic heterocycles. The van der Waals surface area contributed by atoms with Crippen molar-refractivity contribution >= 4 is 39.1 Å². The van der Waals surface area contributed by atoms with Crippen molar-refractivity contribution in [3.05, 3.63) is 53.6 Å². The zero-order valence-electron chi connectivity index (χ0n) is 12.5. The average Bonchev–Trinajstić information content (AvgIpc) is 2.48. The lowest BCUT2D eigenvalue weighted by atomic mass is 10.1. The van der Waals surface area contributed by atoms with Crippen molar-refractivity contribution in [1.82, 2.24) is 0 Å². The molecule has 2 aromatic carbocycles. The third-order valence-corrected chi connectivity index (χ3v) is 5.80. The largest absolute Gasteiger partial charge is 0.324 e. The second kappa shape index (κ2) is 6.25. The van der Waals surface area contributed by atoms with Gasteiger partial charge in [0.05, 0.1) is 22.9 Å². The summed E-state index contributed by atoms with van der Waals surface area (Å²) in [6.07, 6.45) is 0. The van der Waals surface area contributed by atoms with Gasteiger partial charge in [0.15, 0.2) is 0 Å². The Morgan fingerprint density at radius 2 is 2.00 bits per heavy atom. The number of anilines is 2. The molecule has 0 radical (unpaired) electrons. The molecule has 23 heavy (non-hydrogen) atoms. The first-order valence-electron chi connectivity index (χ1n) is 7.05. The van der Waals surface area contributed by atoms with E-state index in [1.54, 1.807) is 18.2 Å². The van der Waals surface area contributed by atoms with E-state index in [0.29, 0.717) is 17.1 Å². The second-order valence-corrected chi connectivity index (χ2v) is 8.07. The predicted octanol–water partition coefficient (Wildman–Crippen LogP) is 2.98. The highest BCUT2D eigenvalue weighted by Gasteiger charge is 2.18. The van der Waals surface area contributed by atoms with E-state index in [9.17, 15) is 13.2 Å². The van der Waals surface area contributed by atoms with E-state index in [0.717, 1.165) is 16.0 Å². The first-order chi connectivity index (χ1) is 10.9. The average molecular weight is 348 g/mol. The zero-order valence-corrected chi connectivity index (χ0v) is 14.1. The summed E-state index contributed by atoms with van der Waals surface area (Å²) in [6.45, 7) is 1.89. The van der Waals surface area contributed by atoms with E-state index in [-0.39, 0.29) is 11.7 Å². The Labute approximate surface area is 139 Å². The standard InChI is InChI=1S/C16H16N2O3S2/c1-11-4-2-3-5-12(11)10-23(20,21)18-13-6-7-15-14(8-13)17-16(19)9-22-15/h2-8,18H,9-10H2,1H3,(H,17,19). The molecule has 0 aromatic heterocycles. The number of thioether (sulfide) groups is 1. The molecule has 120 valence electrons. The van der Waals surface area contributed by atoms with Gasteiger partial charge in [0.2, 0.25) is 15.9 Å². The molecule has 0 aliphatic carbocycles. The van der Waals surface area contributed by atoms with Crippen molar-refractivity contribution in [1.29, 1.82) is 0 Å². The summed E-state index contributed by atoms with van der Waals surface area (Å²) in [7, 11) is -3.52. The van der Waals surface area contributed by atoms with Crippen LogP contribution in [-0.4, -0.2) is 20.1 Å². The number of carbonyl (C=O) groups excluding carboxylic acids is 1. The Kier molecular flexibility index (Phi) is 4.32. The molecule has 3 rings (SSSR count). The highest BCUT2D eigenvalue weighted by atomic mass is 32.2. The monoisotopic (exact) mass is 348 g/mol. The smallest absolute Gasteiger partial charge is 0.236 e. The van der Waals surface area contributed by atoms with Crippen molar-refractivity contribution < 1.29 is 13.2 Å². The minimum Gasteiger partial charge on any atom is -0.324 e. The molecule has 0 atom stereocenters. The number of hydrogen-bond donors (Lipinski definition) is 2. The van der Waals surface area contributed by atoms with Crippen molar-refractivity contribution in [2.24, 2.45) is 0 Å². The molecule has 1 amide bonds. The summed E-state index contributed by atoms with van der Waals surface area (Å²) in [5.41, 5.74) is 2.79. The molecule has 1 aliphatic rings. The minimum atomic E-state index is -3.52. The van der Waals surface area contributed by atoms with Gasteiger partial charge in [0, 0.05) is 4.90 Å². The SMILES string of the molecule is Cc1ccccc1CS(=O)(=O)Nc1ccc2c(c1)NC(=O)CS2. The van der Waals surface area contributed by atoms with Crippen LogP contribution in [0.4, 0.5) is 11.4 Å². The van der Waals surface area contributed by atoms with Crippen LogP contribution >= 0.6 is 11.8 Å². The number of hydrogen-bond acceptors (Lipinski definition) is 4. The fourth-order valence-corrected chi connectivity index (χ4v) is 4.42. The lowest BCUT2D eigenvalue weighted by Gasteiger charge is -2.17. The summed E-state index contributed by atoms with van der Waals surface area (Å²) in [5.74, 6) is 0.214. The fourth-order valence-electron chi connectivity index (χ4n) is 2.34. The van der Waals surface area contributed by atoms with Crippen LogP contribution in [0.5, 0.6) is 0 Å². The molecule has 5 nitrogen and oxygen atoms in total. The molecule has 0 bridgehead atoms.